The van der Waals surface area contributed by atoms with Crippen molar-refractivity contribution in [3.63, 3.8) is 0 Å². The molecule has 0 unspecified atom stereocenters. The summed E-state index contributed by atoms with van der Waals surface area (Å²) in [5, 5.41) is 9.70. The second kappa shape index (κ2) is 11.8. The maximum Gasteiger partial charge on any atom is 0.125 e. The van der Waals surface area contributed by atoms with E-state index in [1.165, 1.54) is 0 Å². The van der Waals surface area contributed by atoms with Crippen molar-refractivity contribution in [2.24, 2.45) is 5.41 Å². The van der Waals surface area contributed by atoms with Crippen molar-refractivity contribution in [1.82, 2.24) is 0 Å². The number of methoxy groups -OCH3 is 2. The van der Waals surface area contributed by atoms with E-state index in [-0.39, 0.29) is 0 Å². The van der Waals surface area contributed by atoms with Gasteiger partial charge in [-0.25, -0.2) is 0 Å². The third kappa shape index (κ3) is 7.23. The highest BCUT2D eigenvalue weighted by Gasteiger charge is 2.29. The highest BCUT2D eigenvalue weighted by molar-refractivity contribution is 6.32. The van der Waals surface area contributed by atoms with E-state index in [0.717, 1.165) is 28.2 Å². The molecule has 0 atom stereocenters. The van der Waals surface area contributed by atoms with Crippen LogP contribution in [0, 0.1) is 10.8 Å². The Hall–Kier alpha value is -2.23. The van der Waals surface area contributed by atoms with Crippen molar-refractivity contribution in [1.29, 1.82) is 5.41 Å². The topological polar surface area (TPSA) is 42.3 Å². The Morgan fingerprint density at radius 1 is 1.10 bits per heavy atom. The fourth-order valence-electron chi connectivity index (χ4n) is 2.87. The van der Waals surface area contributed by atoms with Crippen molar-refractivity contribution < 1.29 is 9.47 Å². The van der Waals surface area contributed by atoms with Gasteiger partial charge in [-0.15, -0.1) is 0 Å². The van der Waals surface area contributed by atoms with Crippen LogP contribution >= 0.6 is 23.2 Å². The van der Waals surface area contributed by atoms with E-state index in [4.69, 9.17) is 38.1 Å². The Labute approximate surface area is 190 Å². The molecule has 0 aliphatic carbocycles. The molecule has 0 radical (unpaired) electrons. The minimum atomic E-state index is -0.579. The van der Waals surface area contributed by atoms with Gasteiger partial charge in [-0.3, -0.25) is 0 Å². The summed E-state index contributed by atoms with van der Waals surface area (Å²) in [5.41, 5.74) is 2.58. The molecule has 5 heteroatoms. The van der Waals surface area contributed by atoms with Gasteiger partial charge >= 0.3 is 0 Å². The maximum absolute atomic E-state index is 8.70. The predicted octanol–water partition coefficient (Wildman–Crippen LogP) is 7.62. The molecule has 0 spiro atoms. The molecule has 162 valence electrons. The smallest absolute Gasteiger partial charge is 0.125 e. The van der Waals surface area contributed by atoms with Crippen molar-refractivity contribution in [3.8, 4) is 11.5 Å². The lowest BCUT2D eigenvalue weighted by molar-refractivity contribution is 0.391. The molecule has 1 rings (SSSR count). The van der Waals surface area contributed by atoms with E-state index < -0.39 is 5.41 Å². The van der Waals surface area contributed by atoms with Crippen LogP contribution in [0.4, 0.5) is 0 Å². The van der Waals surface area contributed by atoms with E-state index >= 15 is 0 Å². The molecule has 0 saturated carbocycles. The molecule has 3 nitrogen and oxygen atoms in total. The van der Waals surface area contributed by atoms with Gasteiger partial charge in [0, 0.05) is 27.3 Å². The number of ether oxygens (including phenoxy) is 2. The van der Waals surface area contributed by atoms with E-state index in [9.17, 15) is 0 Å². The average molecular weight is 448 g/mol. The van der Waals surface area contributed by atoms with Crippen LogP contribution in [0.15, 0.2) is 76.9 Å². The van der Waals surface area contributed by atoms with Crippen LogP contribution in [-0.4, -0.2) is 19.9 Å². The monoisotopic (exact) mass is 447 g/mol. The van der Waals surface area contributed by atoms with Gasteiger partial charge in [0.15, 0.2) is 0 Å². The fourth-order valence-corrected chi connectivity index (χ4v) is 3.24. The molecular weight excluding hydrogens is 417 g/mol. The van der Waals surface area contributed by atoms with Crippen LogP contribution in [0.2, 0.25) is 0 Å². The molecule has 0 aliphatic rings. The molecule has 1 aromatic carbocycles. The van der Waals surface area contributed by atoms with Crippen LogP contribution in [0.5, 0.6) is 11.5 Å². The maximum atomic E-state index is 8.70. The molecular formula is C25H31Cl2NO2. The minimum Gasteiger partial charge on any atom is -0.497 e. The second-order valence-corrected chi connectivity index (χ2v) is 8.31. The summed E-state index contributed by atoms with van der Waals surface area (Å²) in [5.74, 6) is 1.49. The number of halogens is 2. The third-order valence-corrected chi connectivity index (χ3v) is 5.54. The van der Waals surface area contributed by atoms with Crippen molar-refractivity contribution in [3.05, 3.63) is 82.4 Å². The summed E-state index contributed by atoms with van der Waals surface area (Å²) in [6, 6.07) is 5.72. The first-order chi connectivity index (χ1) is 14.0. The van der Waals surface area contributed by atoms with Crippen molar-refractivity contribution in [2.75, 3.05) is 14.2 Å². The second-order valence-electron chi connectivity index (χ2n) is 7.45. The van der Waals surface area contributed by atoms with Crippen LogP contribution in [0.1, 0.15) is 32.8 Å². The first-order valence-electron chi connectivity index (χ1n) is 9.58. The Morgan fingerprint density at radius 2 is 1.73 bits per heavy atom. The lowest BCUT2D eigenvalue weighted by atomic mass is 9.77. The summed E-state index contributed by atoms with van der Waals surface area (Å²) >= 11 is 12.4. The molecule has 0 fully saturated rings. The van der Waals surface area contributed by atoms with Gasteiger partial charge in [-0.2, -0.15) is 0 Å². The summed E-state index contributed by atoms with van der Waals surface area (Å²) in [6.07, 6.45) is 8.53. The standard InChI is InChI=1S/C25H31Cl2NO2/c1-17(2)22(27)11-9-8-10-21(18(3)26)25(4,5)24(28)15-13-19-12-14-20(29-6)16-23(19)30-7/h8-12,14,16,28H,1,3,13,15H2,2,4-7H3/b9-8+,21-10-,22-11+,28-24?. The van der Waals surface area contributed by atoms with Crippen LogP contribution < -0.4 is 9.47 Å². The Kier molecular flexibility index (Phi) is 10.2. The number of rotatable bonds is 11. The number of allylic oxidation sites excluding steroid dienone is 8. The number of hydrogen-bond acceptors (Lipinski definition) is 3. The number of aryl methyl sites for hydroxylation is 1. The van der Waals surface area contributed by atoms with Crippen LogP contribution in [0.3, 0.4) is 0 Å². The third-order valence-electron chi connectivity index (χ3n) is 4.88. The highest BCUT2D eigenvalue weighted by Crippen LogP contribution is 2.36. The molecule has 0 aliphatic heterocycles. The molecule has 0 saturated heterocycles. The van der Waals surface area contributed by atoms with Gasteiger partial charge in [0.2, 0.25) is 0 Å². The molecule has 1 aromatic rings. The van der Waals surface area contributed by atoms with Gasteiger partial charge in [0.05, 0.1) is 14.2 Å². The average Bonchev–Trinajstić information content (AvgIpc) is 2.70. The Balaban J connectivity index is 3.00. The normalized spacial score (nSPS) is 12.8. The summed E-state index contributed by atoms with van der Waals surface area (Å²) in [7, 11) is 3.25. The molecule has 1 N–H and O–H groups in total. The first kappa shape index (κ1) is 25.8. The zero-order chi connectivity index (χ0) is 22.9. The van der Waals surface area contributed by atoms with Crippen LogP contribution in [0.25, 0.3) is 0 Å². The Bertz CT molecular complexity index is 892. The number of nitrogens with one attached hydrogen (secondary N) is 1. The summed E-state index contributed by atoms with van der Waals surface area (Å²) < 4.78 is 10.7. The Morgan fingerprint density at radius 3 is 2.27 bits per heavy atom. The number of benzene rings is 1. The van der Waals surface area contributed by atoms with Gasteiger partial charge < -0.3 is 14.9 Å². The summed E-state index contributed by atoms with van der Waals surface area (Å²) in [4.78, 5) is 0. The molecule has 0 aromatic heterocycles. The largest absolute Gasteiger partial charge is 0.497 e. The van der Waals surface area contributed by atoms with Gasteiger partial charge in [-0.05, 0) is 48.6 Å². The van der Waals surface area contributed by atoms with Gasteiger partial charge in [-0.1, -0.05) is 74.5 Å². The van der Waals surface area contributed by atoms with Crippen molar-refractivity contribution >= 4 is 28.9 Å². The first-order valence-corrected chi connectivity index (χ1v) is 10.3. The molecule has 30 heavy (non-hydrogen) atoms. The molecule has 0 amide bonds. The lowest BCUT2D eigenvalue weighted by Gasteiger charge is -2.29. The molecule has 0 bridgehead atoms. The van der Waals surface area contributed by atoms with Gasteiger partial charge in [0.25, 0.3) is 0 Å². The lowest BCUT2D eigenvalue weighted by Crippen LogP contribution is -2.26. The molecule has 0 heterocycles. The minimum absolute atomic E-state index is 0.409. The van der Waals surface area contributed by atoms with Crippen LogP contribution in [-0.2, 0) is 6.42 Å². The van der Waals surface area contributed by atoms with Crippen molar-refractivity contribution in [2.45, 2.75) is 33.6 Å². The zero-order valence-corrected chi connectivity index (χ0v) is 20.0. The SMILES string of the molecule is C=C(C)\C(Cl)=C/C=C/C=C(/C(=C)Cl)C(C)(C)C(=N)CCc1ccc(OC)cc1OC. The van der Waals surface area contributed by atoms with E-state index in [2.05, 4.69) is 13.2 Å². The van der Waals surface area contributed by atoms with E-state index in [1.54, 1.807) is 20.3 Å². The van der Waals surface area contributed by atoms with Gasteiger partial charge in [0.1, 0.15) is 11.5 Å². The number of hydrogen-bond donors (Lipinski definition) is 1. The highest BCUT2D eigenvalue weighted by atomic mass is 35.5. The quantitative estimate of drug-likeness (QED) is 0.280. The zero-order valence-electron chi connectivity index (χ0n) is 18.4. The predicted molar refractivity (Wildman–Crippen MR) is 130 cm³/mol. The van der Waals surface area contributed by atoms with E-state index in [0.29, 0.717) is 28.6 Å². The van der Waals surface area contributed by atoms with E-state index in [1.807, 2.05) is 57.2 Å². The summed E-state index contributed by atoms with van der Waals surface area (Å²) in [6.45, 7) is 13.5. The fraction of sp³-hybridized carbons (Fsp3) is 0.320.